The van der Waals surface area contributed by atoms with Gasteiger partial charge in [-0.1, -0.05) is 11.6 Å². The van der Waals surface area contributed by atoms with Gasteiger partial charge in [-0.15, -0.1) is 11.3 Å². The molecular formula is C18H14ClN3S. The second-order valence-electron chi connectivity index (χ2n) is 5.33. The average Bonchev–Trinajstić information content (AvgIpc) is 3.20. The van der Waals surface area contributed by atoms with E-state index in [4.69, 9.17) is 11.6 Å². The van der Waals surface area contributed by atoms with E-state index in [-0.39, 0.29) is 0 Å². The second-order valence-corrected chi connectivity index (χ2v) is 6.48. The van der Waals surface area contributed by atoms with Crippen LogP contribution in [0.2, 0.25) is 5.02 Å². The molecule has 0 unspecified atom stereocenters. The van der Waals surface area contributed by atoms with E-state index in [1.165, 1.54) is 10.9 Å². The lowest BCUT2D eigenvalue weighted by atomic mass is 10.2. The van der Waals surface area contributed by atoms with Crippen LogP contribution < -0.4 is 5.32 Å². The van der Waals surface area contributed by atoms with Crippen molar-refractivity contribution in [1.82, 2.24) is 9.55 Å². The van der Waals surface area contributed by atoms with Crippen LogP contribution in [0.1, 0.15) is 5.69 Å². The van der Waals surface area contributed by atoms with Crippen LogP contribution in [0.3, 0.4) is 0 Å². The Morgan fingerprint density at radius 2 is 1.87 bits per heavy atom. The Balaban J connectivity index is 1.60. The summed E-state index contributed by atoms with van der Waals surface area (Å²) in [5.74, 6) is 0. The third-order valence-electron chi connectivity index (χ3n) is 3.72. The van der Waals surface area contributed by atoms with E-state index in [0.29, 0.717) is 0 Å². The fraction of sp³-hybridized carbons (Fsp3) is 0.0556. The van der Waals surface area contributed by atoms with Gasteiger partial charge < -0.3 is 9.88 Å². The van der Waals surface area contributed by atoms with Gasteiger partial charge in [0.15, 0.2) is 0 Å². The third-order valence-corrected chi connectivity index (χ3v) is 4.61. The number of nitrogens with zero attached hydrogens (tertiary/aromatic N) is 2. The van der Waals surface area contributed by atoms with Crippen molar-refractivity contribution in [2.75, 3.05) is 5.32 Å². The van der Waals surface area contributed by atoms with E-state index in [9.17, 15) is 0 Å². The maximum atomic E-state index is 5.92. The van der Waals surface area contributed by atoms with Crippen molar-refractivity contribution in [2.45, 2.75) is 6.54 Å². The standard InChI is InChI=1S/C18H14ClN3S/c19-14-1-3-15(4-2-14)21-16-5-6-18-13(9-16)7-8-22(18)10-17-11-23-12-20-17/h1-9,11-12,21H,10H2. The summed E-state index contributed by atoms with van der Waals surface area (Å²) in [6.45, 7) is 0.803. The molecule has 0 aliphatic rings. The SMILES string of the molecule is Clc1ccc(Nc2ccc3c(ccn3Cc3cscn3)c2)cc1. The molecule has 2 aromatic carbocycles. The van der Waals surface area contributed by atoms with Crippen LogP contribution in [0, 0.1) is 0 Å². The zero-order chi connectivity index (χ0) is 15.6. The van der Waals surface area contributed by atoms with Gasteiger partial charge in [0, 0.05) is 38.9 Å². The first-order valence-electron chi connectivity index (χ1n) is 7.26. The molecule has 0 spiro atoms. The summed E-state index contributed by atoms with van der Waals surface area (Å²) in [7, 11) is 0. The Morgan fingerprint density at radius 3 is 2.65 bits per heavy atom. The molecule has 0 fully saturated rings. The molecule has 0 bridgehead atoms. The fourth-order valence-electron chi connectivity index (χ4n) is 2.61. The number of halogens is 1. The van der Waals surface area contributed by atoms with Crippen molar-refractivity contribution >= 4 is 45.2 Å². The van der Waals surface area contributed by atoms with Gasteiger partial charge in [0.2, 0.25) is 0 Å². The second kappa shape index (κ2) is 6.07. The molecule has 0 amide bonds. The molecule has 1 N–H and O–H groups in total. The molecule has 0 saturated carbocycles. The van der Waals surface area contributed by atoms with Crippen molar-refractivity contribution in [3.8, 4) is 0 Å². The van der Waals surface area contributed by atoms with Crippen molar-refractivity contribution in [3.63, 3.8) is 0 Å². The number of nitrogens with one attached hydrogen (secondary N) is 1. The predicted octanol–water partition coefficient (Wildman–Crippen LogP) is 5.54. The van der Waals surface area contributed by atoms with Gasteiger partial charge in [0.1, 0.15) is 0 Å². The van der Waals surface area contributed by atoms with E-state index in [1.807, 2.05) is 29.8 Å². The summed E-state index contributed by atoms with van der Waals surface area (Å²) >= 11 is 7.55. The molecule has 4 aromatic rings. The summed E-state index contributed by atoms with van der Waals surface area (Å²) in [6.07, 6.45) is 2.11. The molecule has 2 aromatic heterocycles. The van der Waals surface area contributed by atoms with Crippen LogP contribution in [-0.2, 0) is 6.54 Å². The highest BCUT2D eigenvalue weighted by atomic mass is 35.5. The molecule has 0 saturated heterocycles. The summed E-state index contributed by atoms with van der Waals surface area (Å²) in [5.41, 5.74) is 6.26. The minimum absolute atomic E-state index is 0.741. The van der Waals surface area contributed by atoms with Crippen LogP contribution in [-0.4, -0.2) is 9.55 Å². The van der Waals surface area contributed by atoms with E-state index in [1.54, 1.807) is 11.3 Å². The van der Waals surface area contributed by atoms with Gasteiger partial charge in [-0.3, -0.25) is 0 Å². The molecule has 114 valence electrons. The van der Waals surface area contributed by atoms with Gasteiger partial charge in [0.25, 0.3) is 0 Å². The van der Waals surface area contributed by atoms with Gasteiger partial charge in [0.05, 0.1) is 17.7 Å². The monoisotopic (exact) mass is 339 g/mol. The van der Waals surface area contributed by atoms with E-state index < -0.39 is 0 Å². The number of fused-ring (bicyclic) bond motifs is 1. The third kappa shape index (κ3) is 3.09. The Labute approximate surface area is 143 Å². The normalized spacial score (nSPS) is 11.0. The largest absolute Gasteiger partial charge is 0.356 e. The van der Waals surface area contributed by atoms with Gasteiger partial charge >= 0.3 is 0 Å². The number of aromatic nitrogens is 2. The molecule has 0 radical (unpaired) electrons. The van der Waals surface area contributed by atoms with E-state index in [0.717, 1.165) is 28.6 Å². The maximum Gasteiger partial charge on any atom is 0.0795 e. The first-order valence-corrected chi connectivity index (χ1v) is 8.58. The summed E-state index contributed by atoms with van der Waals surface area (Å²) in [5, 5.41) is 7.43. The maximum absolute atomic E-state index is 5.92. The van der Waals surface area contributed by atoms with Crippen LogP contribution >= 0.6 is 22.9 Å². The first kappa shape index (κ1) is 14.3. The molecule has 0 aliphatic carbocycles. The average molecular weight is 340 g/mol. The number of rotatable bonds is 4. The lowest BCUT2D eigenvalue weighted by Crippen LogP contribution is -1.97. The number of hydrogen-bond acceptors (Lipinski definition) is 3. The van der Waals surface area contributed by atoms with Crippen molar-refractivity contribution in [1.29, 1.82) is 0 Å². The smallest absolute Gasteiger partial charge is 0.0795 e. The Kier molecular flexibility index (Phi) is 3.77. The first-order chi connectivity index (χ1) is 11.3. The van der Waals surface area contributed by atoms with Gasteiger partial charge in [-0.05, 0) is 48.5 Å². The highest BCUT2D eigenvalue weighted by molar-refractivity contribution is 7.07. The molecule has 23 heavy (non-hydrogen) atoms. The summed E-state index contributed by atoms with van der Waals surface area (Å²) in [4.78, 5) is 4.35. The topological polar surface area (TPSA) is 29.9 Å². The summed E-state index contributed by atoms with van der Waals surface area (Å²) in [6, 6.07) is 16.2. The van der Waals surface area contributed by atoms with Crippen LogP contribution in [0.4, 0.5) is 11.4 Å². The lowest BCUT2D eigenvalue weighted by Gasteiger charge is -2.08. The van der Waals surface area contributed by atoms with Crippen LogP contribution in [0.5, 0.6) is 0 Å². The van der Waals surface area contributed by atoms with Gasteiger partial charge in [-0.25, -0.2) is 4.98 Å². The zero-order valence-electron chi connectivity index (χ0n) is 12.2. The van der Waals surface area contributed by atoms with Crippen LogP contribution in [0.25, 0.3) is 10.9 Å². The quantitative estimate of drug-likeness (QED) is 0.528. The van der Waals surface area contributed by atoms with Crippen molar-refractivity contribution < 1.29 is 0 Å². The molecule has 0 aliphatic heterocycles. The highest BCUT2D eigenvalue weighted by Crippen LogP contribution is 2.24. The lowest BCUT2D eigenvalue weighted by molar-refractivity contribution is 0.814. The fourth-order valence-corrected chi connectivity index (χ4v) is 3.28. The number of hydrogen-bond donors (Lipinski definition) is 1. The minimum Gasteiger partial charge on any atom is -0.356 e. The number of benzene rings is 2. The predicted molar refractivity (Wildman–Crippen MR) is 97.9 cm³/mol. The Hall–Kier alpha value is -2.30. The molecule has 0 atom stereocenters. The van der Waals surface area contributed by atoms with Crippen LogP contribution in [0.15, 0.2) is 65.6 Å². The Bertz CT molecular complexity index is 927. The number of thiazole rings is 1. The summed E-state index contributed by atoms with van der Waals surface area (Å²) < 4.78 is 2.22. The van der Waals surface area contributed by atoms with Crippen molar-refractivity contribution in [2.24, 2.45) is 0 Å². The number of anilines is 2. The van der Waals surface area contributed by atoms with E-state index >= 15 is 0 Å². The van der Waals surface area contributed by atoms with Crippen molar-refractivity contribution in [3.05, 3.63) is 76.3 Å². The highest BCUT2D eigenvalue weighted by Gasteiger charge is 2.04. The molecule has 4 rings (SSSR count). The zero-order valence-corrected chi connectivity index (χ0v) is 13.8. The van der Waals surface area contributed by atoms with Gasteiger partial charge in [-0.2, -0.15) is 0 Å². The molecule has 3 nitrogen and oxygen atoms in total. The minimum atomic E-state index is 0.741. The Morgan fingerprint density at radius 1 is 1.04 bits per heavy atom. The molecule has 5 heteroatoms. The van der Waals surface area contributed by atoms with E-state index in [2.05, 4.69) is 50.7 Å². The molecule has 2 heterocycles. The molecular weight excluding hydrogens is 326 g/mol.